The van der Waals surface area contributed by atoms with Crippen LogP contribution in [0.25, 0.3) is 0 Å². The zero-order valence-electron chi connectivity index (χ0n) is 5.76. The molecule has 1 saturated carbocycles. The van der Waals surface area contributed by atoms with Crippen LogP contribution in [0.4, 0.5) is 0 Å². The predicted octanol–water partition coefficient (Wildman–Crippen LogP) is 0.213. The molecule has 2 atom stereocenters. The molecule has 1 heterocycles. The highest BCUT2D eigenvalue weighted by Crippen LogP contribution is 2.49. The van der Waals surface area contributed by atoms with Crippen molar-refractivity contribution in [1.82, 2.24) is 5.32 Å². The molecule has 2 fully saturated rings. The normalized spacial score (nSPS) is 44.2. The number of nitrogens with one attached hydrogen (secondary N) is 1. The summed E-state index contributed by atoms with van der Waals surface area (Å²) >= 11 is 0. The van der Waals surface area contributed by atoms with Crippen molar-refractivity contribution in [3.8, 4) is 0 Å². The van der Waals surface area contributed by atoms with Crippen LogP contribution >= 0.6 is 0 Å². The van der Waals surface area contributed by atoms with Gasteiger partial charge in [0.2, 0.25) is 0 Å². The highest BCUT2D eigenvalue weighted by Gasteiger charge is 2.59. The lowest BCUT2D eigenvalue weighted by Gasteiger charge is -2.05. The first kappa shape index (κ1) is 6.16. The highest BCUT2D eigenvalue weighted by atomic mass is 16.4. The molecule has 2 rings (SSSR count). The summed E-state index contributed by atoms with van der Waals surface area (Å²) in [6.07, 6.45) is 3.05. The average Bonchev–Trinajstić information content (AvgIpc) is 2.32. The van der Waals surface area contributed by atoms with Crippen LogP contribution in [0.5, 0.6) is 0 Å². The fraction of sp³-hybridized carbons (Fsp3) is 0.857. The molecular formula is C7H11NO2. The van der Waals surface area contributed by atoms with Crippen molar-refractivity contribution >= 4 is 5.97 Å². The minimum Gasteiger partial charge on any atom is -0.481 e. The zero-order valence-corrected chi connectivity index (χ0v) is 5.76. The van der Waals surface area contributed by atoms with E-state index in [1.165, 1.54) is 0 Å². The van der Waals surface area contributed by atoms with Crippen LogP contribution in [0, 0.1) is 5.92 Å². The first-order chi connectivity index (χ1) is 4.75. The summed E-state index contributed by atoms with van der Waals surface area (Å²) in [6.45, 7) is 1.00. The lowest BCUT2D eigenvalue weighted by Crippen LogP contribution is -2.28. The third-order valence-electron chi connectivity index (χ3n) is 2.65. The Morgan fingerprint density at radius 2 is 2.50 bits per heavy atom. The predicted molar refractivity (Wildman–Crippen MR) is 35.7 cm³/mol. The molecule has 1 aliphatic carbocycles. The number of aliphatic carboxylic acids is 1. The van der Waals surface area contributed by atoms with Gasteiger partial charge in [0.25, 0.3) is 0 Å². The van der Waals surface area contributed by atoms with Gasteiger partial charge in [0.1, 0.15) is 0 Å². The molecule has 1 saturated heterocycles. The molecule has 2 N–H and O–H groups in total. The number of carbonyl (C=O) groups is 1. The summed E-state index contributed by atoms with van der Waals surface area (Å²) in [7, 11) is 0. The summed E-state index contributed by atoms with van der Waals surface area (Å²) in [5.74, 6) is -0.718. The Bertz CT molecular complexity index is 172. The Kier molecular flexibility index (Phi) is 1.06. The maximum Gasteiger partial charge on any atom is 0.308 e. The minimum atomic E-state index is -0.630. The largest absolute Gasteiger partial charge is 0.481 e. The van der Waals surface area contributed by atoms with Gasteiger partial charge in [-0.3, -0.25) is 4.79 Å². The highest BCUT2D eigenvalue weighted by molar-refractivity contribution is 5.76. The maximum atomic E-state index is 10.5. The van der Waals surface area contributed by atoms with Gasteiger partial charge >= 0.3 is 5.97 Å². The maximum absolute atomic E-state index is 10.5. The molecule has 2 aliphatic rings. The summed E-state index contributed by atoms with van der Waals surface area (Å²) in [6, 6.07) is 0. The average molecular weight is 141 g/mol. The molecule has 0 radical (unpaired) electrons. The third-order valence-corrected chi connectivity index (χ3v) is 2.65. The fourth-order valence-electron chi connectivity index (χ4n) is 1.93. The number of carboxylic acid groups (broad SMARTS) is 1. The number of rotatable bonds is 1. The molecule has 0 aromatic rings. The molecule has 10 heavy (non-hydrogen) atoms. The monoisotopic (exact) mass is 141 g/mol. The molecule has 0 amide bonds. The van der Waals surface area contributed by atoms with Crippen molar-refractivity contribution in [2.75, 3.05) is 6.54 Å². The Balaban J connectivity index is 2.04. The quantitative estimate of drug-likeness (QED) is 0.549. The van der Waals surface area contributed by atoms with Crippen LogP contribution in [0.2, 0.25) is 0 Å². The lowest BCUT2D eigenvalue weighted by atomic mass is 10.1. The van der Waals surface area contributed by atoms with E-state index in [-0.39, 0.29) is 11.5 Å². The SMILES string of the molecule is O=C(O)C1CC12CCCN2. The van der Waals surface area contributed by atoms with Gasteiger partial charge in [-0.15, -0.1) is 0 Å². The van der Waals surface area contributed by atoms with E-state index in [1.54, 1.807) is 0 Å². The summed E-state index contributed by atoms with van der Waals surface area (Å²) < 4.78 is 0. The molecule has 0 aromatic carbocycles. The van der Waals surface area contributed by atoms with E-state index < -0.39 is 5.97 Å². The van der Waals surface area contributed by atoms with E-state index in [0.717, 1.165) is 25.8 Å². The van der Waals surface area contributed by atoms with Gasteiger partial charge in [-0.25, -0.2) is 0 Å². The summed E-state index contributed by atoms with van der Waals surface area (Å²) in [5, 5.41) is 11.9. The standard InChI is InChI=1S/C7H11NO2/c9-6(10)5-4-7(5)2-1-3-8-7/h5,8H,1-4H2,(H,9,10). The molecular weight excluding hydrogens is 130 g/mol. The van der Waals surface area contributed by atoms with E-state index in [9.17, 15) is 4.79 Å². The van der Waals surface area contributed by atoms with Gasteiger partial charge in [0.05, 0.1) is 5.92 Å². The van der Waals surface area contributed by atoms with Gasteiger partial charge in [-0.2, -0.15) is 0 Å². The van der Waals surface area contributed by atoms with Crippen LogP contribution in [0.15, 0.2) is 0 Å². The fourth-order valence-corrected chi connectivity index (χ4v) is 1.93. The molecule has 0 bridgehead atoms. The van der Waals surface area contributed by atoms with Gasteiger partial charge < -0.3 is 10.4 Å². The number of hydrogen-bond acceptors (Lipinski definition) is 2. The Labute approximate surface area is 59.4 Å². The molecule has 56 valence electrons. The molecule has 3 heteroatoms. The Morgan fingerprint density at radius 1 is 1.70 bits per heavy atom. The minimum absolute atomic E-state index is 0.0336. The molecule has 0 aromatic heterocycles. The number of hydrogen-bond donors (Lipinski definition) is 2. The first-order valence-corrected chi connectivity index (χ1v) is 3.72. The van der Waals surface area contributed by atoms with Crippen LogP contribution in [-0.2, 0) is 4.79 Å². The molecule has 1 spiro atoms. The van der Waals surface area contributed by atoms with E-state index in [0.29, 0.717) is 0 Å². The van der Waals surface area contributed by atoms with E-state index in [4.69, 9.17) is 5.11 Å². The van der Waals surface area contributed by atoms with E-state index in [2.05, 4.69) is 5.32 Å². The zero-order chi connectivity index (χ0) is 7.19. The Morgan fingerprint density at radius 3 is 2.90 bits per heavy atom. The summed E-state index contributed by atoms with van der Waals surface area (Å²) in [4.78, 5) is 10.5. The van der Waals surface area contributed by atoms with Crippen LogP contribution in [-0.4, -0.2) is 23.2 Å². The second kappa shape index (κ2) is 1.72. The van der Waals surface area contributed by atoms with E-state index >= 15 is 0 Å². The van der Waals surface area contributed by atoms with Crippen molar-refractivity contribution in [1.29, 1.82) is 0 Å². The van der Waals surface area contributed by atoms with Crippen LogP contribution in [0.3, 0.4) is 0 Å². The number of carboxylic acids is 1. The Hall–Kier alpha value is -0.570. The molecule has 3 nitrogen and oxygen atoms in total. The van der Waals surface area contributed by atoms with Crippen molar-refractivity contribution in [3.05, 3.63) is 0 Å². The van der Waals surface area contributed by atoms with Crippen molar-refractivity contribution in [2.45, 2.75) is 24.8 Å². The van der Waals surface area contributed by atoms with Gasteiger partial charge in [-0.1, -0.05) is 0 Å². The van der Waals surface area contributed by atoms with Gasteiger partial charge in [0.15, 0.2) is 0 Å². The second-order valence-corrected chi connectivity index (χ2v) is 3.28. The topological polar surface area (TPSA) is 49.3 Å². The van der Waals surface area contributed by atoms with Crippen LogP contribution < -0.4 is 5.32 Å². The second-order valence-electron chi connectivity index (χ2n) is 3.28. The van der Waals surface area contributed by atoms with Gasteiger partial charge in [0, 0.05) is 5.54 Å². The smallest absolute Gasteiger partial charge is 0.308 e. The van der Waals surface area contributed by atoms with E-state index in [1.807, 2.05) is 0 Å². The summed E-state index contributed by atoms with van der Waals surface area (Å²) in [5.41, 5.74) is 0.0336. The van der Waals surface area contributed by atoms with Crippen molar-refractivity contribution < 1.29 is 9.90 Å². The van der Waals surface area contributed by atoms with Crippen LogP contribution in [0.1, 0.15) is 19.3 Å². The first-order valence-electron chi connectivity index (χ1n) is 3.72. The lowest BCUT2D eigenvalue weighted by molar-refractivity contribution is -0.139. The van der Waals surface area contributed by atoms with Gasteiger partial charge in [-0.05, 0) is 25.8 Å². The van der Waals surface area contributed by atoms with Crippen molar-refractivity contribution in [2.24, 2.45) is 5.92 Å². The molecule has 2 unspecified atom stereocenters. The third kappa shape index (κ3) is 0.669. The molecule has 1 aliphatic heterocycles. The van der Waals surface area contributed by atoms with Crippen molar-refractivity contribution in [3.63, 3.8) is 0 Å².